The molecule has 0 heterocycles. The molecule has 1 nitrogen and oxygen atoms in total. The minimum Gasteiger partial charge on any atom is -0.488 e. The quantitative estimate of drug-likeness (QED) is 0.226. The highest BCUT2D eigenvalue weighted by Crippen LogP contribution is 2.34. The van der Waals surface area contributed by atoms with Gasteiger partial charge in [-0.15, -0.1) is 0 Å². The van der Waals surface area contributed by atoms with Gasteiger partial charge in [0, 0.05) is 5.30 Å². The maximum absolute atomic E-state index is 6.37. The van der Waals surface area contributed by atoms with Gasteiger partial charge in [0.2, 0.25) is 0 Å². The fraction of sp³-hybridized carbons (Fsp3) is 0.0909. The van der Waals surface area contributed by atoms with Gasteiger partial charge in [0.1, 0.15) is 12.4 Å². The van der Waals surface area contributed by atoms with Gasteiger partial charge in [-0.1, -0.05) is 129 Å². The maximum atomic E-state index is 6.37. The van der Waals surface area contributed by atoms with E-state index in [0.717, 1.165) is 5.75 Å². The van der Waals surface area contributed by atoms with Gasteiger partial charge < -0.3 is 4.74 Å². The highest BCUT2D eigenvalue weighted by atomic mass is 31.1. The zero-order valence-electron chi connectivity index (χ0n) is 20.7. The molecule has 5 aromatic carbocycles. The third kappa shape index (κ3) is 5.76. The van der Waals surface area contributed by atoms with Crippen LogP contribution in [0.5, 0.6) is 5.75 Å². The molecular formula is C33H30OP2. The second-order valence-corrected chi connectivity index (χ2v) is 12.3. The largest absolute Gasteiger partial charge is 0.488 e. The minimum absolute atomic E-state index is 0.511. The molecule has 0 bridgehead atoms. The first kappa shape index (κ1) is 24.5. The monoisotopic (exact) mass is 504 g/mol. The summed E-state index contributed by atoms with van der Waals surface area (Å²) in [6, 6.07) is 45.7. The first-order valence-corrected chi connectivity index (χ1v) is 14.6. The Hall–Kier alpha value is -3.24. The minimum atomic E-state index is -0.674. The lowest BCUT2D eigenvalue weighted by molar-refractivity contribution is 0.309. The van der Waals surface area contributed by atoms with E-state index in [0.29, 0.717) is 15.2 Å². The van der Waals surface area contributed by atoms with Crippen LogP contribution in [-0.4, -0.2) is 0 Å². The van der Waals surface area contributed by atoms with Crippen LogP contribution in [0.4, 0.5) is 0 Å². The van der Waals surface area contributed by atoms with E-state index in [-0.39, 0.29) is 0 Å². The van der Waals surface area contributed by atoms with E-state index in [2.05, 4.69) is 135 Å². The van der Waals surface area contributed by atoms with E-state index in [9.17, 15) is 0 Å². The number of aryl methyl sites for hydroxylation is 2. The summed E-state index contributed by atoms with van der Waals surface area (Å²) in [6.45, 7) is 4.98. The van der Waals surface area contributed by atoms with Crippen LogP contribution in [0.3, 0.4) is 0 Å². The van der Waals surface area contributed by atoms with Gasteiger partial charge >= 0.3 is 0 Å². The molecule has 36 heavy (non-hydrogen) atoms. The van der Waals surface area contributed by atoms with Crippen LogP contribution in [0.2, 0.25) is 0 Å². The molecular weight excluding hydrogens is 474 g/mol. The smallest absolute Gasteiger partial charge is 0.127 e. The molecule has 0 saturated carbocycles. The van der Waals surface area contributed by atoms with Crippen molar-refractivity contribution in [2.24, 2.45) is 0 Å². The summed E-state index contributed by atoms with van der Waals surface area (Å²) in [4.78, 5) is 0. The van der Waals surface area contributed by atoms with E-state index in [1.807, 2.05) is 6.07 Å². The van der Waals surface area contributed by atoms with E-state index in [1.165, 1.54) is 43.2 Å². The van der Waals surface area contributed by atoms with E-state index < -0.39 is 7.92 Å². The van der Waals surface area contributed by atoms with Crippen LogP contribution >= 0.6 is 16.5 Å². The van der Waals surface area contributed by atoms with E-state index in [1.54, 1.807) is 0 Å². The van der Waals surface area contributed by atoms with E-state index in [4.69, 9.17) is 4.74 Å². The van der Waals surface area contributed by atoms with Crippen molar-refractivity contribution in [1.29, 1.82) is 0 Å². The Morgan fingerprint density at radius 3 is 1.89 bits per heavy atom. The molecule has 5 aromatic rings. The van der Waals surface area contributed by atoms with Crippen molar-refractivity contribution >= 4 is 43.0 Å². The molecule has 0 spiro atoms. The van der Waals surface area contributed by atoms with Gasteiger partial charge in [-0.3, -0.25) is 0 Å². The van der Waals surface area contributed by atoms with E-state index >= 15 is 0 Å². The van der Waals surface area contributed by atoms with Crippen molar-refractivity contribution in [2.45, 2.75) is 20.5 Å². The molecule has 1 unspecified atom stereocenters. The van der Waals surface area contributed by atoms with Gasteiger partial charge in [0.25, 0.3) is 0 Å². The lowest BCUT2D eigenvalue weighted by Gasteiger charge is -2.24. The first-order chi connectivity index (χ1) is 17.7. The van der Waals surface area contributed by atoms with Gasteiger partial charge in [0.15, 0.2) is 0 Å². The molecule has 178 valence electrons. The standard InChI is InChI=1S/C33H30OP2/c1-25-21-22-30(34-24-27-14-6-3-7-15-27)31(23-25)35-33-26(2)13-12-20-32(33)36(28-16-8-4-9-17-28)29-18-10-5-11-19-29/h3-23,35H,24H2,1-2H3. The average Bonchev–Trinajstić information content (AvgIpc) is 2.92. The Kier molecular flexibility index (Phi) is 7.92. The Balaban J connectivity index is 1.56. The fourth-order valence-electron chi connectivity index (χ4n) is 4.32. The summed E-state index contributed by atoms with van der Waals surface area (Å²) >= 11 is 0. The van der Waals surface area contributed by atoms with Crippen molar-refractivity contribution in [3.63, 3.8) is 0 Å². The summed E-state index contributed by atoms with van der Waals surface area (Å²) in [5.41, 5.74) is 3.77. The predicted molar refractivity (Wildman–Crippen MR) is 159 cm³/mol. The number of ether oxygens (including phenoxy) is 1. The van der Waals surface area contributed by atoms with Gasteiger partial charge in [-0.05, 0) is 66.2 Å². The van der Waals surface area contributed by atoms with Crippen LogP contribution in [0.1, 0.15) is 16.7 Å². The Morgan fingerprint density at radius 1 is 0.639 bits per heavy atom. The lowest BCUT2D eigenvalue weighted by atomic mass is 10.2. The molecule has 0 amide bonds. The van der Waals surface area contributed by atoms with Crippen molar-refractivity contribution in [2.75, 3.05) is 0 Å². The van der Waals surface area contributed by atoms with Gasteiger partial charge in [0.05, 0.1) is 0 Å². The molecule has 0 aliphatic carbocycles. The zero-order chi connectivity index (χ0) is 24.7. The summed E-state index contributed by atoms with van der Waals surface area (Å²) in [5.74, 6) is 0.973. The highest BCUT2D eigenvalue weighted by molar-refractivity contribution is 7.81. The maximum Gasteiger partial charge on any atom is 0.127 e. The second-order valence-electron chi connectivity index (χ2n) is 8.87. The van der Waals surface area contributed by atoms with Crippen LogP contribution in [-0.2, 0) is 6.61 Å². The highest BCUT2D eigenvalue weighted by Gasteiger charge is 2.21. The SMILES string of the molecule is Cc1ccc(OCc2ccccc2)c(Pc2c(C)cccc2P(c2ccccc2)c2ccccc2)c1. The second kappa shape index (κ2) is 11.7. The van der Waals surface area contributed by atoms with Crippen LogP contribution in [0.15, 0.2) is 127 Å². The van der Waals surface area contributed by atoms with Crippen molar-refractivity contribution in [3.05, 3.63) is 144 Å². The summed E-state index contributed by atoms with van der Waals surface area (Å²) < 4.78 is 6.37. The molecule has 0 radical (unpaired) electrons. The first-order valence-electron chi connectivity index (χ1n) is 12.2. The molecule has 0 saturated heterocycles. The molecule has 3 heteroatoms. The molecule has 0 aliphatic rings. The summed E-state index contributed by atoms with van der Waals surface area (Å²) in [7, 11) is -0.163. The molecule has 0 aromatic heterocycles. The van der Waals surface area contributed by atoms with Crippen molar-refractivity contribution in [3.8, 4) is 5.75 Å². The van der Waals surface area contributed by atoms with Gasteiger partial charge in [-0.2, -0.15) is 0 Å². The Labute approximate surface area is 217 Å². The van der Waals surface area contributed by atoms with Gasteiger partial charge in [-0.25, -0.2) is 0 Å². The lowest BCUT2D eigenvalue weighted by Crippen LogP contribution is -2.31. The zero-order valence-corrected chi connectivity index (χ0v) is 22.6. The van der Waals surface area contributed by atoms with Crippen LogP contribution < -0.4 is 31.3 Å². The third-order valence-electron chi connectivity index (χ3n) is 6.15. The Morgan fingerprint density at radius 2 is 1.25 bits per heavy atom. The number of hydrogen-bond donors (Lipinski definition) is 0. The third-order valence-corrected chi connectivity index (χ3v) is 10.4. The molecule has 5 rings (SSSR count). The predicted octanol–water partition coefficient (Wildman–Crippen LogP) is 6.27. The average molecular weight is 505 g/mol. The normalized spacial score (nSPS) is 11.3. The fourth-order valence-corrected chi connectivity index (χ4v) is 8.59. The molecule has 0 N–H and O–H groups in total. The molecule has 1 atom stereocenters. The van der Waals surface area contributed by atoms with Crippen LogP contribution in [0.25, 0.3) is 0 Å². The molecule has 0 aliphatic heterocycles. The van der Waals surface area contributed by atoms with Crippen molar-refractivity contribution in [1.82, 2.24) is 0 Å². The number of hydrogen-bond acceptors (Lipinski definition) is 1. The number of rotatable bonds is 8. The van der Waals surface area contributed by atoms with Crippen LogP contribution in [0, 0.1) is 13.8 Å². The number of benzene rings is 5. The molecule has 0 fully saturated rings. The van der Waals surface area contributed by atoms with Crippen molar-refractivity contribution < 1.29 is 4.74 Å². The topological polar surface area (TPSA) is 9.23 Å². The summed E-state index contributed by atoms with van der Waals surface area (Å²) in [5, 5.41) is 6.86. The Bertz CT molecular complexity index is 1380. The summed E-state index contributed by atoms with van der Waals surface area (Å²) in [6.07, 6.45) is 0.